The number of likely N-dealkylation sites (N-methyl/N-ethyl adjacent to an activating group) is 1. The summed E-state index contributed by atoms with van der Waals surface area (Å²) >= 11 is 0. The van der Waals surface area contributed by atoms with E-state index in [1.807, 2.05) is 0 Å². The summed E-state index contributed by atoms with van der Waals surface area (Å²) < 4.78 is 48.9. The maximum atomic E-state index is 13.8. The Morgan fingerprint density at radius 1 is 1.09 bits per heavy atom. The highest BCUT2D eigenvalue weighted by atomic mass is 19.4. The fourth-order valence-electron chi connectivity index (χ4n) is 4.39. The van der Waals surface area contributed by atoms with Gasteiger partial charge in [-0.05, 0) is 26.5 Å². The molecule has 0 saturated carbocycles. The summed E-state index contributed by atoms with van der Waals surface area (Å²) in [5.74, 6) is 1.42. The number of halogens is 3. The lowest BCUT2D eigenvalue weighted by atomic mass is 10.1. The topological polar surface area (TPSA) is 72.2 Å². The summed E-state index contributed by atoms with van der Waals surface area (Å²) in [6.45, 7) is 6.00. The molecule has 3 aromatic rings. The number of hydrogen-bond donors (Lipinski definition) is 0. The molecule has 0 amide bonds. The Kier molecular flexibility index (Phi) is 5.25. The van der Waals surface area contributed by atoms with E-state index in [1.54, 1.807) is 11.5 Å². The zero-order valence-electron chi connectivity index (χ0n) is 17.9. The highest BCUT2D eigenvalue weighted by Crippen LogP contribution is 2.40. The predicted molar refractivity (Wildman–Crippen MR) is 112 cm³/mol. The normalized spacial score (nSPS) is 20.4. The molecule has 5 rings (SSSR count). The van der Waals surface area contributed by atoms with Crippen LogP contribution in [0, 0.1) is 6.92 Å². The number of anilines is 1. The average molecular weight is 447 g/mol. The van der Waals surface area contributed by atoms with E-state index in [0.29, 0.717) is 42.4 Å². The molecule has 5 heterocycles. The Morgan fingerprint density at radius 2 is 1.88 bits per heavy atom. The first-order chi connectivity index (χ1) is 15.3. The highest BCUT2D eigenvalue weighted by Gasteiger charge is 2.37. The van der Waals surface area contributed by atoms with Gasteiger partial charge in [-0.15, -0.1) is 0 Å². The maximum absolute atomic E-state index is 13.8. The molecular formula is C21H24F3N7O. The molecule has 3 aromatic heterocycles. The van der Waals surface area contributed by atoms with Gasteiger partial charge in [0.1, 0.15) is 11.6 Å². The third-order valence-corrected chi connectivity index (χ3v) is 6.07. The minimum absolute atomic E-state index is 0.0631. The van der Waals surface area contributed by atoms with Crippen molar-refractivity contribution < 1.29 is 17.9 Å². The standard InChI is InChI=1S/C21H24F3N7O/c1-13-26-19(30-8-6-29(2)7-9-30)17-20(27-13)31(14-4-10-32-12-14)18(28-17)15-11-25-5-3-16(15)21(22,23)24/h3,5,11,14H,4,6-10,12H2,1-2H3/t14-/m1/s1. The van der Waals surface area contributed by atoms with Crippen LogP contribution in [0.25, 0.3) is 22.6 Å². The fraction of sp³-hybridized carbons (Fsp3) is 0.524. The first-order valence-corrected chi connectivity index (χ1v) is 10.6. The summed E-state index contributed by atoms with van der Waals surface area (Å²) in [5, 5.41) is 0. The summed E-state index contributed by atoms with van der Waals surface area (Å²) in [4.78, 5) is 22.3. The quantitative estimate of drug-likeness (QED) is 0.611. The molecule has 8 nitrogen and oxygen atoms in total. The fourth-order valence-corrected chi connectivity index (χ4v) is 4.39. The number of imidazole rings is 1. The second-order valence-electron chi connectivity index (χ2n) is 8.30. The van der Waals surface area contributed by atoms with E-state index < -0.39 is 11.7 Å². The van der Waals surface area contributed by atoms with Crippen LogP contribution >= 0.6 is 0 Å². The highest BCUT2D eigenvalue weighted by molar-refractivity contribution is 5.87. The summed E-state index contributed by atoms with van der Waals surface area (Å²) in [6, 6.07) is 0.827. The molecule has 0 spiro atoms. The van der Waals surface area contributed by atoms with Crippen LogP contribution in [-0.4, -0.2) is 75.8 Å². The lowest BCUT2D eigenvalue weighted by Crippen LogP contribution is -2.45. The van der Waals surface area contributed by atoms with Gasteiger partial charge in [-0.3, -0.25) is 4.98 Å². The van der Waals surface area contributed by atoms with Crippen LogP contribution in [0.5, 0.6) is 0 Å². The molecule has 0 radical (unpaired) electrons. The number of rotatable bonds is 3. The van der Waals surface area contributed by atoms with Crippen LogP contribution in [0.4, 0.5) is 19.0 Å². The van der Waals surface area contributed by atoms with E-state index in [0.717, 1.165) is 38.4 Å². The van der Waals surface area contributed by atoms with E-state index in [4.69, 9.17) is 9.72 Å². The molecule has 32 heavy (non-hydrogen) atoms. The lowest BCUT2D eigenvalue weighted by Gasteiger charge is -2.33. The SMILES string of the molecule is Cc1nc(N2CCN(C)CC2)c2nc(-c3cnccc3C(F)(F)F)n([C@@H]3CCOC3)c2n1. The van der Waals surface area contributed by atoms with Gasteiger partial charge in [0.25, 0.3) is 0 Å². The second kappa shape index (κ2) is 7.96. The van der Waals surface area contributed by atoms with Gasteiger partial charge in [-0.25, -0.2) is 15.0 Å². The number of pyridine rings is 1. The zero-order chi connectivity index (χ0) is 22.5. The number of ether oxygens (including phenoxy) is 1. The Balaban J connectivity index is 1.75. The van der Waals surface area contributed by atoms with Gasteiger partial charge in [-0.2, -0.15) is 13.2 Å². The van der Waals surface area contributed by atoms with Crippen LogP contribution in [0.1, 0.15) is 23.9 Å². The smallest absolute Gasteiger partial charge is 0.379 e. The molecule has 170 valence electrons. The molecule has 11 heteroatoms. The van der Waals surface area contributed by atoms with Crippen molar-refractivity contribution in [3.63, 3.8) is 0 Å². The van der Waals surface area contributed by atoms with Crippen molar-refractivity contribution in [3.05, 3.63) is 29.8 Å². The van der Waals surface area contributed by atoms with Gasteiger partial charge in [0.05, 0.1) is 18.2 Å². The lowest BCUT2D eigenvalue weighted by molar-refractivity contribution is -0.137. The van der Waals surface area contributed by atoms with Crippen molar-refractivity contribution in [1.29, 1.82) is 0 Å². The van der Waals surface area contributed by atoms with Crippen LogP contribution in [0.3, 0.4) is 0 Å². The monoisotopic (exact) mass is 447 g/mol. The summed E-state index contributed by atoms with van der Waals surface area (Å²) in [5.41, 5.74) is 0.216. The first kappa shape index (κ1) is 21.1. The second-order valence-corrected chi connectivity index (χ2v) is 8.30. The van der Waals surface area contributed by atoms with Crippen LogP contribution in [0.2, 0.25) is 0 Å². The molecule has 2 aliphatic heterocycles. The third-order valence-electron chi connectivity index (χ3n) is 6.07. The molecule has 1 atom stereocenters. The number of nitrogens with zero attached hydrogens (tertiary/aromatic N) is 7. The largest absolute Gasteiger partial charge is 0.417 e. The van der Waals surface area contributed by atoms with Gasteiger partial charge >= 0.3 is 6.18 Å². The van der Waals surface area contributed by atoms with Gasteiger partial charge in [0, 0.05) is 50.7 Å². The molecule has 2 fully saturated rings. The zero-order valence-corrected chi connectivity index (χ0v) is 17.9. The van der Waals surface area contributed by atoms with E-state index in [1.165, 1.54) is 6.20 Å². The van der Waals surface area contributed by atoms with Gasteiger partial charge in [0.2, 0.25) is 0 Å². The van der Waals surface area contributed by atoms with Crippen molar-refractivity contribution in [1.82, 2.24) is 29.4 Å². The Hall–Kier alpha value is -2.79. The van der Waals surface area contributed by atoms with Crippen LogP contribution < -0.4 is 4.90 Å². The summed E-state index contributed by atoms with van der Waals surface area (Å²) in [7, 11) is 2.06. The molecule has 0 unspecified atom stereocenters. The summed E-state index contributed by atoms with van der Waals surface area (Å²) in [6.07, 6.45) is -1.48. The number of aryl methyl sites for hydroxylation is 1. The van der Waals surface area contributed by atoms with Gasteiger partial charge in [-0.1, -0.05) is 0 Å². The van der Waals surface area contributed by atoms with E-state index in [-0.39, 0.29) is 17.4 Å². The molecule has 0 N–H and O–H groups in total. The minimum Gasteiger partial charge on any atom is -0.379 e. The number of piperazine rings is 1. The van der Waals surface area contributed by atoms with Gasteiger partial charge < -0.3 is 19.1 Å². The Labute approximate surface area is 183 Å². The van der Waals surface area contributed by atoms with Crippen LogP contribution in [-0.2, 0) is 10.9 Å². The molecule has 0 aromatic carbocycles. The van der Waals surface area contributed by atoms with Crippen molar-refractivity contribution >= 4 is 17.0 Å². The average Bonchev–Trinajstić information content (AvgIpc) is 3.40. The number of alkyl halides is 3. The number of fused-ring (bicyclic) bond motifs is 1. The molecule has 0 aliphatic carbocycles. The third kappa shape index (κ3) is 3.69. The molecule has 2 saturated heterocycles. The van der Waals surface area contributed by atoms with Crippen molar-refractivity contribution in [2.75, 3.05) is 51.3 Å². The van der Waals surface area contributed by atoms with Gasteiger partial charge in [0.15, 0.2) is 17.0 Å². The van der Waals surface area contributed by atoms with E-state index in [9.17, 15) is 13.2 Å². The van der Waals surface area contributed by atoms with Crippen molar-refractivity contribution in [2.45, 2.75) is 25.6 Å². The molecule has 2 aliphatic rings. The predicted octanol–water partition coefficient (Wildman–Crippen LogP) is 2.93. The number of aromatic nitrogens is 5. The molecule has 0 bridgehead atoms. The molecular weight excluding hydrogens is 423 g/mol. The Morgan fingerprint density at radius 3 is 2.56 bits per heavy atom. The van der Waals surface area contributed by atoms with Crippen molar-refractivity contribution in [2.24, 2.45) is 0 Å². The van der Waals surface area contributed by atoms with E-state index in [2.05, 4.69) is 31.8 Å². The van der Waals surface area contributed by atoms with Crippen molar-refractivity contribution in [3.8, 4) is 11.4 Å². The van der Waals surface area contributed by atoms with E-state index >= 15 is 0 Å². The number of hydrogen-bond acceptors (Lipinski definition) is 7. The Bertz CT molecular complexity index is 1130. The van der Waals surface area contributed by atoms with Crippen LogP contribution in [0.15, 0.2) is 18.5 Å². The first-order valence-electron chi connectivity index (χ1n) is 10.6. The minimum atomic E-state index is -4.53. The maximum Gasteiger partial charge on any atom is 0.417 e.